The Kier molecular flexibility index (Phi) is 7.03. The molecule has 57 heavy (non-hydrogen) atoms. The lowest BCUT2D eigenvalue weighted by Crippen LogP contribution is -2.00. The van der Waals surface area contributed by atoms with Crippen molar-refractivity contribution in [1.29, 1.82) is 0 Å². The molecular formula is C51H30N4OS. The van der Waals surface area contributed by atoms with Crippen molar-refractivity contribution in [1.82, 2.24) is 19.5 Å². The third-order valence-electron chi connectivity index (χ3n) is 11.0. The van der Waals surface area contributed by atoms with Crippen LogP contribution in [0.15, 0.2) is 186 Å². The highest BCUT2D eigenvalue weighted by molar-refractivity contribution is 7.25. The Hall–Kier alpha value is -7.41. The third-order valence-corrected chi connectivity index (χ3v) is 12.2. The van der Waals surface area contributed by atoms with Gasteiger partial charge in [-0.25, -0.2) is 15.0 Å². The van der Waals surface area contributed by atoms with Crippen molar-refractivity contribution >= 4 is 75.3 Å². The molecule has 6 heteroatoms. The monoisotopic (exact) mass is 746 g/mol. The number of thiophene rings is 1. The molecule has 12 rings (SSSR count). The fraction of sp³-hybridized carbons (Fsp3) is 0. The molecule has 0 amide bonds. The van der Waals surface area contributed by atoms with E-state index in [-0.39, 0.29) is 0 Å². The van der Waals surface area contributed by atoms with E-state index in [2.05, 4.69) is 126 Å². The zero-order valence-electron chi connectivity index (χ0n) is 30.4. The maximum atomic E-state index is 6.14. The molecule has 0 fully saturated rings. The molecule has 266 valence electrons. The first-order valence-electron chi connectivity index (χ1n) is 19.0. The molecule has 0 saturated heterocycles. The van der Waals surface area contributed by atoms with Crippen molar-refractivity contribution in [3.63, 3.8) is 0 Å². The van der Waals surface area contributed by atoms with Crippen LogP contribution in [0.1, 0.15) is 0 Å². The predicted molar refractivity (Wildman–Crippen MR) is 236 cm³/mol. The number of rotatable bonds is 5. The van der Waals surface area contributed by atoms with Crippen LogP contribution in [0.25, 0.3) is 115 Å². The molecular weight excluding hydrogens is 717 g/mol. The minimum Gasteiger partial charge on any atom is -0.456 e. The van der Waals surface area contributed by atoms with E-state index < -0.39 is 0 Å². The van der Waals surface area contributed by atoms with E-state index in [1.54, 1.807) is 0 Å². The van der Waals surface area contributed by atoms with Crippen LogP contribution in [-0.4, -0.2) is 19.5 Å². The zero-order valence-corrected chi connectivity index (χ0v) is 31.2. The van der Waals surface area contributed by atoms with Gasteiger partial charge in [-0.1, -0.05) is 109 Å². The summed E-state index contributed by atoms with van der Waals surface area (Å²) in [6.07, 6.45) is 0. The quantitative estimate of drug-likeness (QED) is 0.176. The zero-order chi connectivity index (χ0) is 37.5. The fourth-order valence-electron chi connectivity index (χ4n) is 8.40. The van der Waals surface area contributed by atoms with E-state index in [4.69, 9.17) is 19.4 Å². The summed E-state index contributed by atoms with van der Waals surface area (Å²) in [7, 11) is 0. The molecule has 0 radical (unpaired) electrons. The number of para-hydroxylation sites is 4. The smallest absolute Gasteiger partial charge is 0.164 e. The molecule has 4 heterocycles. The number of fused-ring (bicyclic) bond motifs is 9. The van der Waals surface area contributed by atoms with Crippen LogP contribution in [0.5, 0.6) is 0 Å². The van der Waals surface area contributed by atoms with Crippen molar-refractivity contribution in [3.05, 3.63) is 182 Å². The first-order valence-corrected chi connectivity index (χ1v) is 19.8. The summed E-state index contributed by atoms with van der Waals surface area (Å²) in [6, 6.07) is 64.0. The molecule has 12 aromatic rings. The molecule has 0 saturated carbocycles. The predicted octanol–water partition coefficient (Wildman–Crippen LogP) is 13.9. The third kappa shape index (κ3) is 5.12. The van der Waals surface area contributed by atoms with E-state index in [9.17, 15) is 0 Å². The van der Waals surface area contributed by atoms with Crippen LogP contribution in [0.3, 0.4) is 0 Å². The topological polar surface area (TPSA) is 56.7 Å². The average molecular weight is 747 g/mol. The number of hydrogen-bond donors (Lipinski definition) is 0. The second-order valence-electron chi connectivity index (χ2n) is 14.4. The highest BCUT2D eigenvalue weighted by Gasteiger charge is 2.19. The lowest BCUT2D eigenvalue weighted by atomic mass is 9.99. The Labute approximate surface area is 330 Å². The molecule has 0 N–H and O–H groups in total. The van der Waals surface area contributed by atoms with Crippen molar-refractivity contribution < 1.29 is 4.42 Å². The second kappa shape index (κ2) is 12.6. The Bertz CT molecular complexity index is 3530. The summed E-state index contributed by atoms with van der Waals surface area (Å²) in [4.78, 5) is 15.3. The van der Waals surface area contributed by atoms with Gasteiger partial charge in [0.1, 0.15) is 11.2 Å². The van der Waals surface area contributed by atoms with Gasteiger partial charge in [-0.3, -0.25) is 0 Å². The Morgan fingerprint density at radius 3 is 1.72 bits per heavy atom. The molecule has 5 nitrogen and oxygen atoms in total. The van der Waals surface area contributed by atoms with E-state index >= 15 is 0 Å². The van der Waals surface area contributed by atoms with Gasteiger partial charge in [-0.05, 0) is 78.4 Å². The van der Waals surface area contributed by atoms with Gasteiger partial charge in [0.05, 0.1) is 11.0 Å². The summed E-state index contributed by atoms with van der Waals surface area (Å²) in [5.41, 5.74) is 10.4. The van der Waals surface area contributed by atoms with E-state index in [1.807, 2.05) is 72.0 Å². The van der Waals surface area contributed by atoms with E-state index in [1.165, 1.54) is 53.1 Å². The van der Waals surface area contributed by atoms with Crippen LogP contribution in [0, 0.1) is 0 Å². The van der Waals surface area contributed by atoms with Crippen LogP contribution in [-0.2, 0) is 0 Å². The van der Waals surface area contributed by atoms with Crippen LogP contribution in [0.4, 0.5) is 0 Å². The Morgan fingerprint density at radius 1 is 0.386 bits per heavy atom. The molecule has 0 aliphatic rings. The second-order valence-corrected chi connectivity index (χ2v) is 15.5. The van der Waals surface area contributed by atoms with Gasteiger partial charge < -0.3 is 8.98 Å². The maximum Gasteiger partial charge on any atom is 0.164 e. The van der Waals surface area contributed by atoms with Gasteiger partial charge >= 0.3 is 0 Å². The number of hydrogen-bond acceptors (Lipinski definition) is 5. The van der Waals surface area contributed by atoms with Gasteiger partial charge in [-0.2, -0.15) is 0 Å². The molecule has 0 unspecified atom stereocenters. The summed E-state index contributed by atoms with van der Waals surface area (Å²) < 4.78 is 11.0. The molecule has 8 aromatic carbocycles. The van der Waals surface area contributed by atoms with E-state index in [0.717, 1.165) is 44.3 Å². The Morgan fingerprint density at radius 2 is 0.947 bits per heavy atom. The maximum absolute atomic E-state index is 6.14. The average Bonchev–Trinajstić information content (AvgIpc) is 3.95. The van der Waals surface area contributed by atoms with Gasteiger partial charge in [0.25, 0.3) is 0 Å². The lowest BCUT2D eigenvalue weighted by Gasteiger charge is -2.12. The van der Waals surface area contributed by atoms with Crippen LogP contribution < -0.4 is 0 Å². The van der Waals surface area contributed by atoms with Gasteiger partial charge in [-0.15, -0.1) is 11.3 Å². The first-order chi connectivity index (χ1) is 28.2. The SMILES string of the molecule is c1ccc(-c2nc(-c3ccc4oc5ccccc5c4c3)nc(-c3ccc4sc5ccc(-c6cccc7c8ccccc8n(-c8ccccc8)c67)cc5c4c3)n2)cc1. The first kappa shape index (κ1) is 31.9. The van der Waals surface area contributed by atoms with Crippen molar-refractivity contribution in [2.75, 3.05) is 0 Å². The number of benzene rings is 8. The molecule has 0 bridgehead atoms. The van der Waals surface area contributed by atoms with Crippen molar-refractivity contribution in [2.24, 2.45) is 0 Å². The number of nitrogens with zero attached hydrogens (tertiary/aromatic N) is 4. The summed E-state index contributed by atoms with van der Waals surface area (Å²) in [5, 5.41) is 6.98. The van der Waals surface area contributed by atoms with Crippen LogP contribution in [0.2, 0.25) is 0 Å². The molecule has 4 aromatic heterocycles. The number of aromatic nitrogens is 4. The standard InChI is InChI=1S/C51H30N4OS/c1-3-12-31(13-4-1)49-52-50(33-22-25-45-40(29-33)38-17-8-10-21-44(38)56-45)54-51(53-49)34-24-27-47-42(30-34)41-28-32(23-26-46(41)57-47)36-18-11-19-39-37-16-7-9-20-43(37)55(48(36)39)35-14-5-2-6-15-35/h1-30H. The summed E-state index contributed by atoms with van der Waals surface area (Å²) in [6.45, 7) is 0. The largest absolute Gasteiger partial charge is 0.456 e. The Balaban J connectivity index is 1.04. The molecule has 0 aliphatic heterocycles. The highest BCUT2D eigenvalue weighted by Crippen LogP contribution is 2.42. The summed E-state index contributed by atoms with van der Waals surface area (Å²) >= 11 is 1.81. The van der Waals surface area contributed by atoms with Crippen molar-refractivity contribution in [2.45, 2.75) is 0 Å². The minimum atomic E-state index is 0.616. The lowest BCUT2D eigenvalue weighted by molar-refractivity contribution is 0.669. The van der Waals surface area contributed by atoms with Gasteiger partial charge in [0, 0.05) is 69.7 Å². The van der Waals surface area contributed by atoms with Gasteiger partial charge in [0.15, 0.2) is 17.5 Å². The molecule has 0 aliphatic carbocycles. The molecule has 0 atom stereocenters. The number of furan rings is 1. The summed E-state index contributed by atoms with van der Waals surface area (Å²) in [5.74, 6) is 1.88. The van der Waals surface area contributed by atoms with Crippen molar-refractivity contribution in [3.8, 4) is 51.0 Å². The molecule has 0 spiro atoms. The van der Waals surface area contributed by atoms with Crippen LogP contribution >= 0.6 is 11.3 Å². The normalized spacial score (nSPS) is 11.9. The fourth-order valence-corrected chi connectivity index (χ4v) is 9.46. The minimum absolute atomic E-state index is 0.616. The van der Waals surface area contributed by atoms with Gasteiger partial charge in [0.2, 0.25) is 0 Å². The highest BCUT2D eigenvalue weighted by atomic mass is 32.1. The van der Waals surface area contributed by atoms with E-state index in [0.29, 0.717) is 17.5 Å².